The summed E-state index contributed by atoms with van der Waals surface area (Å²) < 4.78 is 13.5. The lowest BCUT2D eigenvalue weighted by molar-refractivity contribution is 0.601. The molecule has 0 amide bonds. The predicted molar refractivity (Wildman–Crippen MR) is 83.9 cm³/mol. The van der Waals surface area contributed by atoms with Gasteiger partial charge < -0.3 is 5.32 Å². The minimum absolute atomic E-state index is 0.123. The number of rotatable bonds is 4. The quantitative estimate of drug-likeness (QED) is 0.861. The first-order valence-corrected chi connectivity index (χ1v) is 7.54. The second kappa shape index (κ2) is 6.42. The second-order valence-electron chi connectivity index (χ2n) is 5.06. The van der Waals surface area contributed by atoms with Gasteiger partial charge in [0.1, 0.15) is 5.82 Å². The van der Waals surface area contributed by atoms with E-state index in [4.69, 9.17) is 0 Å². The third-order valence-corrected chi connectivity index (χ3v) is 4.69. The van der Waals surface area contributed by atoms with E-state index >= 15 is 0 Å². The van der Waals surface area contributed by atoms with Crippen molar-refractivity contribution in [2.75, 3.05) is 7.05 Å². The molecule has 0 saturated heterocycles. The third kappa shape index (κ3) is 3.41. The molecule has 0 aromatic heterocycles. The lowest BCUT2D eigenvalue weighted by atomic mass is 10.1. The maximum atomic E-state index is 13.5. The van der Waals surface area contributed by atoms with E-state index in [2.05, 4.69) is 37.4 Å². The molecule has 1 N–H and O–H groups in total. The summed E-state index contributed by atoms with van der Waals surface area (Å²) in [7, 11) is 1.89. The summed E-state index contributed by atoms with van der Waals surface area (Å²) in [6.07, 6.45) is 0. The summed E-state index contributed by atoms with van der Waals surface area (Å²) in [4.78, 5) is 2.32. The van der Waals surface area contributed by atoms with Crippen LogP contribution in [0, 0.1) is 19.7 Å². The largest absolute Gasteiger partial charge is 0.313 e. The van der Waals surface area contributed by atoms with Crippen molar-refractivity contribution in [3.63, 3.8) is 0 Å². The summed E-state index contributed by atoms with van der Waals surface area (Å²) in [5, 5.41) is 3.18. The van der Waals surface area contributed by atoms with Gasteiger partial charge in [-0.05, 0) is 68.8 Å². The van der Waals surface area contributed by atoms with Crippen LogP contribution in [0.25, 0.3) is 0 Å². The fraction of sp³-hybridized carbons (Fsp3) is 0.294. The standard InChI is InChI=1S/C17H20FNS/c1-11-5-6-12(2)17(9-11)20-16-8-7-14(18)10-15(16)13(3)19-4/h5-10,13,19H,1-4H3. The highest BCUT2D eigenvalue weighted by molar-refractivity contribution is 7.99. The molecule has 2 aromatic carbocycles. The smallest absolute Gasteiger partial charge is 0.123 e. The first kappa shape index (κ1) is 15.1. The van der Waals surface area contributed by atoms with Crippen LogP contribution in [-0.4, -0.2) is 7.05 Å². The number of hydrogen-bond donors (Lipinski definition) is 1. The highest BCUT2D eigenvalue weighted by atomic mass is 32.2. The Morgan fingerprint density at radius 1 is 1.05 bits per heavy atom. The number of halogens is 1. The average Bonchev–Trinajstić information content (AvgIpc) is 2.43. The fourth-order valence-corrected chi connectivity index (χ4v) is 3.24. The van der Waals surface area contributed by atoms with Crippen molar-refractivity contribution in [1.82, 2.24) is 5.32 Å². The highest BCUT2D eigenvalue weighted by Crippen LogP contribution is 2.35. The molecule has 0 spiro atoms. The molecule has 1 atom stereocenters. The number of nitrogens with one attached hydrogen (secondary N) is 1. The minimum Gasteiger partial charge on any atom is -0.313 e. The molecular weight excluding hydrogens is 269 g/mol. The van der Waals surface area contributed by atoms with E-state index in [9.17, 15) is 4.39 Å². The van der Waals surface area contributed by atoms with Gasteiger partial charge in [-0.15, -0.1) is 0 Å². The molecule has 2 aromatic rings. The minimum atomic E-state index is -0.188. The van der Waals surface area contributed by atoms with Crippen molar-refractivity contribution in [3.05, 3.63) is 58.9 Å². The van der Waals surface area contributed by atoms with Crippen LogP contribution >= 0.6 is 11.8 Å². The monoisotopic (exact) mass is 289 g/mol. The van der Waals surface area contributed by atoms with Crippen molar-refractivity contribution in [3.8, 4) is 0 Å². The molecule has 0 aliphatic heterocycles. The van der Waals surface area contributed by atoms with E-state index < -0.39 is 0 Å². The topological polar surface area (TPSA) is 12.0 Å². The van der Waals surface area contributed by atoms with E-state index in [1.165, 1.54) is 22.1 Å². The van der Waals surface area contributed by atoms with Crippen LogP contribution in [0.3, 0.4) is 0 Å². The first-order valence-electron chi connectivity index (χ1n) is 6.73. The van der Waals surface area contributed by atoms with Crippen molar-refractivity contribution in [2.45, 2.75) is 36.6 Å². The Hall–Kier alpha value is -1.32. The summed E-state index contributed by atoms with van der Waals surface area (Å²) in [5.41, 5.74) is 3.48. The maximum Gasteiger partial charge on any atom is 0.123 e. The third-order valence-electron chi connectivity index (χ3n) is 3.43. The Kier molecular flexibility index (Phi) is 4.84. The van der Waals surface area contributed by atoms with E-state index in [-0.39, 0.29) is 11.9 Å². The summed E-state index contributed by atoms with van der Waals surface area (Å²) in [5.74, 6) is -0.188. The zero-order valence-electron chi connectivity index (χ0n) is 12.3. The number of aryl methyl sites for hydroxylation is 2. The molecule has 1 nitrogen and oxygen atoms in total. The molecule has 1 unspecified atom stereocenters. The van der Waals surface area contributed by atoms with Gasteiger partial charge in [0.2, 0.25) is 0 Å². The van der Waals surface area contributed by atoms with Gasteiger partial charge in [0.05, 0.1) is 0 Å². The molecular formula is C17H20FNS. The average molecular weight is 289 g/mol. The van der Waals surface area contributed by atoms with Crippen molar-refractivity contribution >= 4 is 11.8 Å². The lowest BCUT2D eigenvalue weighted by Crippen LogP contribution is -2.13. The van der Waals surface area contributed by atoms with E-state index in [1.54, 1.807) is 17.8 Å². The zero-order chi connectivity index (χ0) is 14.7. The van der Waals surface area contributed by atoms with Crippen LogP contribution in [0.15, 0.2) is 46.2 Å². The molecule has 0 aliphatic rings. The lowest BCUT2D eigenvalue weighted by Gasteiger charge is -2.16. The van der Waals surface area contributed by atoms with Gasteiger partial charge in [-0.1, -0.05) is 23.9 Å². The number of hydrogen-bond acceptors (Lipinski definition) is 2. The summed E-state index contributed by atoms with van der Waals surface area (Å²) in [6, 6.07) is 11.6. The SMILES string of the molecule is CNC(C)c1cc(F)ccc1Sc1cc(C)ccc1C. The Labute approximate surface area is 124 Å². The van der Waals surface area contributed by atoms with Gasteiger partial charge in [0.15, 0.2) is 0 Å². The molecule has 2 rings (SSSR count). The van der Waals surface area contributed by atoms with Crippen LogP contribution in [-0.2, 0) is 0 Å². The van der Waals surface area contributed by atoms with Gasteiger partial charge in [0.25, 0.3) is 0 Å². The van der Waals surface area contributed by atoms with Crippen LogP contribution in [0.5, 0.6) is 0 Å². The maximum absolute atomic E-state index is 13.5. The molecule has 20 heavy (non-hydrogen) atoms. The zero-order valence-corrected chi connectivity index (χ0v) is 13.1. The van der Waals surface area contributed by atoms with Crippen molar-refractivity contribution in [2.24, 2.45) is 0 Å². The summed E-state index contributed by atoms with van der Waals surface area (Å²) in [6.45, 7) is 6.24. The predicted octanol–water partition coefficient (Wildman–Crippen LogP) is 4.87. The van der Waals surface area contributed by atoms with Crippen LogP contribution in [0.1, 0.15) is 29.7 Å². The van der Waals surface area contributed by atoms with Gasteiger partial charge in [-0.25, -0.2) is 4.39 Å². The van der Waals surface area contributed by atoms with Crippen LogP contribution < -0.4 is 5.32 Å². The summed E-state index contributed by atoms with van der Waals surface area (Å²) >= 11 is 1.70. The fourth-order valence-electron chi connectivity index (χ4n) is 2.04. The number of benzene rings is 2. The Morgan fingerprint density at radius 2 is 1.80 bits per heavy atom. The molecule has 3 heteroatoms. The normalized spacial score (nSPS) is 12.4. The Balaban J connectivity index is 2.40. The van der Waals surface area contributed by atoms with Gasteiger partial charge in [-0.3, -0.25) is 0 Å². The first-order chi connectivity index (χ1) is 9.51. The molecule has 0 fully saturated rings. The Bertz CT molecular complexity index is 610. The van der Waals surface area contributed by atoms with E-state index in [0.717, 1.165) is 10.5 Å². The molecule has 0 bridgehead atoms. The molecule has 0 aliphatic carbocycles. The van der Waals surface area contributed by atoms with Gasteiger partial charge in [-0.2, -0.15) is 0 Å². The molecule has 0 radical (unpaired) electrons. The van der Waals surface area contributed by atoms with Crippen molar-refractivity contribution < 1.29 is 4.39 Å². The molecule has 0 heterocycles. The highest BCUT2D eigenvalue weighted by Gasteiger charge is 2.12. The van der Waals surface area contributed by atoms with Crippen LogP contribution in [0.4, 0.5) is 4.39 Å². The van der Waals surface area contributed by atoms with Gasteiger partial charge >= 0.3 is 0 Å². The van der Waals surface area contributed by atoms with E-state index in [1.807, 2.05) is 20.0 Å². The van der Waals surface area contributed by atoms with Crippen molar-refractivity contribution in [1.29, 1.82) is 0 Å². The Morgan fingerprint density at radius 3 is 2.50 bits per heavy atom. The second-order valence-corrected chi connectivity index (χ2v) is 6.15. The molecule has 106 valence electrons. The van der Waals surface area contributed by atoms with Crippen LogP contribution in [0.2, 0.25) is 0 Å². The van der Waals surface area contributed by atoms with E-state index in [0.29, 0.717) is 0 Å². The molecule has 0 saturated carbocycles. The van der Waals surface area contributed by atoms with Gasteiger partial charge in [0, 0.05) is 15.8 Å².